The van der Waals surface area contributed by atoms with Gasteiger partial charge in [-0.2, -0.15) is 0 Å². The van der Waals surface area contributed by atoms with Crippen molar-refractivity contribution in [3.8, 4) is 5.75 Å². The molecule has 1 amide bonds. The van der Waals surface area contributed by atoms with E-state index in [9.17, 15) is 4.79 Å². The average Bonchev–Trinajstić information content (AvgIpc) is 2.40. The third kappa shape index (κ3) is 3.45. The molecule has 0 saturated heterocycles. The fraction of sp³-hybridized carbons (Fsp3) is 0.571. The van der Waals surface area contributed by atoms with Crippen molar-refractivity contribution in [2.75, 3.05) is 6.61 Å². The lowest BCUT2D eigenvalue weighted by molar-refractivity contribution is 0.0995. The minimum atomic E-state index is -0.490. The second-order valence-corrected chi connectivity index (χ2v) is 4.88. The van der Waals surface area contributed by atoms with Gasteiger partial charge >= 0.3 is 0 Å². The highest BCUT2D eigenvalue weighted by atomic mass is 16.5. The van der Waals surface area contributed by atoms with E-state index < -0.39 is 5.91 Å². The molecule has 0 atom stereocenters. The van der Waals surface area contributed by atoms with Crippen LogP contribution in [-0.4, -0.2) is 17.5 Å². The maximum absolute atomic E-state index is 11.2. The van der Waals surface area contributed by atoms with Gasteiger partial charge in [0.25, 0.3) is 5.91 Å². The predicted octanol–water partition coefficient (Wildman–Crippen LogP) is 2.53. The minimum absolute atomic E-state index is 0.362. The Hall–Kier alpha value is -1.58. The lowest BCUT2D eigenvalue weighted by Crippen LogP contribution is -2.15. The highest BCUT2D eigenvalue weighted by molar-refractivity contribution is 5.95. The van der Waals surface area contributed by atoms with E-state index in [-0.39, 0.29) is 0 Å². The monoisotopic (exact) mass is 248 g/mol. The first kappa shape index (κ1) is 12.9. The van der Waals surface area contributed by atoms with Crippen molar-refractivity contribution in [2.24, 2.45) is 11.7 Å². The van der Waals surface area contributed by atoms with Crippen molar-refractivity contribution in [3.63, 3.8) is 0 Å². The molecule has 2 rings (SSSR count). The zero-order valence-corrected chi connectivity index (χ0v) is 10.6. The number of rotatable bonds is 5. The fourth-order valence-corrected chi connectivity index (χ4v) is 2.50. The summed E-state index contributed by atoms with van der Waals surface area (Å²) >= 11 is 0. The number of amides is 1. The van der Waals surface area contributed by atoms with E-state index >= 15 is 0 Å². The molecule has 1 aromatic heterocycles. The number of carbonyl (C=O) groups excluding carboxylic acids is 1. The first-order chi connectivity index (χ1) is 8.77. The first-order valence-electron chi connectivity index (χ1n) is 6.64. The van der Waals surface area contributed by atoms with Gasteiger partial charge in [0, 0.05) is 12.4 Å². The normalized spacial score (nSPS) is 16.4. The van der Waals surface area contributed by atoms with Crippen molar-refractivity contribution in [3.05, 3.63) is 24.0 Å². The summed E-state index contributed by atoms with van der Waals surface area (Å²) in [7, 11) is 0. The number of ether oxygens (including phenoxy) is 1. The van der Waals surface area contributed by atoms with Crippen molar-refractivity contribution in [1.29, 1.82) is 0 Å². The second kappa shape index (κ2) is 6.38. The molecule has 0 bridgehead atoms. The van der Waals surface area contributed by atoms with E-state index in [1.165, 1.54) is 38.3 Å². The molecule has 0 aliphatic heterocycles. The summed E-state index contributed by atoms with van der Waals surface area (Å²) in [5.41, 5.74) is 5.63. The molecular formula is C14H20N2O2. The highest BCUT2D eigenvalue weighted by Crippen LogP contribution is 2.26. The minimum Gasteiger partial charge on any atom is -0.493 e. The molecule has 1 aliphatic rings. The van der Waals surface area contributed by atoms with Crippen LogP contribution in [0.15, 0.2) is 18.5 Å². The Kier molecular flexibility index (Phi) is 4.56. The lowest BCUT2D eigenvalue weighted by Gasteiger charge is -2.21. The average molecular weight is 248 g/mol. The summed E-state index contributed by atoms with van der Waals surface area (Å²) in [4.78, 5) is 15.1. The van der Waals surface area contributed by atoms with Crippen LogP contribution in [0.2, 0.25) is 0 Å². The van der Waals surface area contributed by atoms with Crippen LogP contribution < -0.4 is 10.5 Å². The van der Waals surface area contributed by atoms with Crippen molar-refractivity contribution >= 4 is 5.91 Å². The smallest absolute Gasteiger partial charge is 0.254 e. The summed E-state index contributed by atoms with van der Waals surface area (Å²) in [5.74, 6) is 0.835. The van der Waals surface area contributed by atoms with E-state index in [0.29, 0.717) is 17.9 Å². The first-order valence-corrected chi connectivity index (χ1v) is 6.64. The molecule has 4 nitrogen and oxygen atoms in total. The molecule has 1 aromatic rings. The van der Waals surface area contributed by atoms with Crippen LogP contribution in [-0.2, 0) is 0 Å². The number of hydrogen-bond donors (Lipinski definition) is 1. The standard InChI is InChI=1S/C14H20N2O2/c15-14(17)12-10-16-8-6-13(12)18-9-7-11-4-2-1-3-5-11/h6,8,10-11H,1-5,7,9H2,(H2,15,17). The van der Waals surface area contributed by atoms with Gasteiger partial charge in [-0.25, -0.2) is 0 Å². The molecule has 18 heavy (non-hydrogen) atoms. The Bertz CT molecular complexity index is 401. The maximum atomic E-state index is 11.2. The van der Waals surface area contributed by atoms with Crippen LogP contribution in [0.25, 0.3) is 0 Å². The molecule has 0 spiro atoms. The molecule has 0 unspecified atom stereocenters. The zero-order valence-electron chi connectivity index (χ0n) is 10.6. The van der Waals surface area contributed by atoms with Gasteiger partial charge in [0.1, 0.15) is 5.75 Å². The van der Waals surface area contributed by atoms with Crippen LogP contribution in [0.1, 0.15) is 48.9 Å². The van der Waals surface area contributed by atoms with Crippen molar-refractivity contribution in [1.82, 2.24) is 4.98 Å². The predicted molar refractivity (Wildman–Crippen MR) is 69.4 cm³/mol. The van der Waals surface area contributed by atoms with Crippen LogP contribution in [0.4, 0.5) is 0 Å². The summed E-state index contributed by atoms with van der Waals surface area (Å²) in [6.07, 6.45) is 10.8. The maximum Gasteiger partial charge on any atom is 0.254 e. The van der Waals surface area contributed by atoms with E-state index in [1.807, 2.05) is 0 Å². The molecule has 1 fully saturated rings. The number of carbonyl (C=O) groups is 1. The fourth-order valence-electron chi connectivity index (χ4n) is 2.50. The molecule has 98 valence electrons. The number of nitrogens with zero attached hydrogens (tertiary/aromatic N) is 1. The molecule has 0 aromatic carbocycles. The zero-order chi connectivity index (χ0) is 12.8. The van der Waals surface area contributed by atoms with Crippen molar-refractivity contribution in [2.45, 2.75) is 38.5 Å². The number of primary amides is 1. The van der Waals surface area contributed by atoms with Gasteiger partial charge in [0.2, 0.25) is 0 Å². The van der Waals surface area contributed by atoms with Gasteiger partial charge < -0.3 is 10.5 Å². The van der Waals surface area contributed by atoms with Crippen molar-refractivity contribution < 1.29 is 9.53 Å². The third-order valence-corrected chi connectivity index (χ3v) is 3.55. The number of nitrogens with two attached hydrogens (primary N) is 1. The highest BCUT2D eigenvalue weighted by Gasteiger charge is 2.14. The third-order valence-electron chi connectivity index (χ3n) is 3.55. The van der Waals surface area contributed by atoms with Gasteiger partial charge in [0.05, 0.1) is 12.2 Å². The molecule has 2 N–H and O–H groups in total. The van der Waals surface area contributed by atoms with Gasteiger partial charge in [-0.3, -0.25) is 9.78 Å². The summed E-state index contributed by atoms with van der Waals surface area (Å²) in [6.45, 7) is 0.648. The number of hydrogen-bond acceptors (Lipinski definition) is 3. The van der Waals surface area contributed by atoms with Crippen LogP contribution >= 0.6 is 0 Å². The second-order valence-electron chi connectivity index (χ2n) is 4.88. The Morgan fingerprint density at radius 1 is 1.39 bits per heavy atom. The largest absolute Gasteiger partial charge is 0.493 e. The molecule has 1 saturated carbocycles. The lowest BCUT2D eigenvalue weighted by atomic mass is 9.87. The molecule has 1 aliphatic carbocycles. The van der Waals surface area contributed by atoms with Crippen LogP contribution in [0.3, 0.4) is 0 Å². The molecule has 4 heteroatoms. The van der Waals surface area contributed by atoms with E-state index in [1.54, 1.807) is 12.3 Å². The Morgan fingerprint density at radius 3 is 2.89 bits per heavy atom. The quantitative estimate of drug-likeness (QED) is 0.870. The number of pyridine rings is 1. The number of aromatic nitrogens is 1. The Balaban J connectivity index is 1.84. The summed E-state index contributed by atoms with van der Waals surface area (Å²) < 4.78 is 5.66. The van der Waals surface area contributed by atoms with Gasteiger partial charge in [-0.15, -0.1) is 0 Å². The van der Waals surface area contributed by atoms with Gasteiger partial charge in [0.15, 0.2) is 0 Å². The summed E-state index contributed by atoms with van der Waals surface area (Å²) in [6, 6.07) is 1.70. The molecule has 1 heterocycles. The topological polar surface area (TPSA) is 65.2 Å². The Labute approximate surface area is 108 Å². The molecule has 0 radical (unpaired) electrons. The SMILES string of the molecule is NC(=O)c1cnccc1OCCC1CCCCC1. The van der Waals surface area contributed by atoms with Gasteiger partial charge in [-0.05, 0) is 18.4 Å². The van der Waals surface area contributed by atoms with Crippen LogP contribution in [0.5, 0.6) is 5.75 Å². The van der Waals surface area contributed by atoms with Crippen LogP contribution in [0, 0.1) is 5.92 Å². The van der Waals surface area contributed by atoms with E-state index in [0.717, 1.165) is 12.3 Å². The van der Waals surface area contributed by atoms with E-state index in [2.05, 4.69) is 4.98 Å². The Morgan fingerprint density at radius 2 is 2.17 bits per heavy atom. The van der Waals surface area contributed by atoms with Gasteiger partial charge in [-0.1, -0.05) is 32.1 Å². The molecular weight excluding hydrogens is 228 g/mol. The van der Waals surface area contributed by atoms with E-state index in [4.69, 9.17) is 10.5 Å². The summed E-state index contributed by atoms with van der Waals surface area (Å²) in [5, 5.41) is 0.